The first-order valence-electron chi connectivity index (χ1n) is 8.01. The zero-order valence-electron chi connectivity index (χ0n) is 14.4. The molecule has 0 saturated carbocycles. The Morgan fingerprint density at radius 2 is 2.07 bits per heavy atom. The quantitative estimate of drug-likeness (QED) is 0.468. The van der Waals surface area contributed by atoms with E-state index < -0.39 is 4.92 Å². The number of nitrogens with zero attached hydrogens (tertiary/aromatic N) is 3. The second-order valence-electron chi connectivity index (χ2n) is 5.65. The predicted octanol–water partition coefficient (Wildman–Crippen LogP) is 2.77. The first-order valence-corrected chi connectivity index (χ1v) is 8.89. The van der Waals surface area contributed by atoms with Crippen molar-refractivity contribution < 1.29 is 14.5 Å². The fourth-order valence-electron chi connectivity index (χ4n) is 2.43. The molecule has 1 N–H and O–H groups in total. The maximum absolute atomic E-state index is 12.1. The number of nitro benzene ring substituents is 1. The van der Waals surface area contributed by atoms with Crippen molar-refractivity contribution in [1.82, 2.24) is 5.32 Å². The summed E-state index contributed by atoms with van der Waals surface area (Å²) in [5.74, 6) is 0.639. The molecule has 1 aliphatic rings. The first-order chi connectivity index (χ1) is 13.0. The van der Waals surface area contributed by atoms with Gasteiger partial charge in [-0.2, -0.15) is 5.10 Å². The Hall–Kier alpha value is -3.20. The van der Waals surface area contributed by atoms with Gasteiger partial charge in [-0.25, -0.2) is 0 Å². The fraction of sp³-hybridized carbons (Fsp3) is 0.167. The number of benzene rings is 2. The Morgan fingerprint density at radius 3 is 2.78 bits per heavy atom. The molecule has 27 heavy (non-hydrogen) atoms. The molecule has 2 aromatic rings. The molecule has 1 saturated heterocycles. The molecular formula is C18H16N4O4S. The van der Waals surface area contributed by atoms with Gasteiger partial charge in [0.05, 0.1) is 23.5 Å². The van der Waals surface area contributed by atoms with Crippen LogP contribution >= 0.6 is 11.8 Å². The highest BCUT2D eigenvalue weighted by molar-refractivity contribution is 8.15. The maximum atomic E-state index is 12.1. The minimum atomic E-state index is -0.472. The minimum absolute atomic E-state index is 0.0188. The average molecular weight is 384 g/mol. The van der Waals surface area contributed by atoms with Crippen LogP contribution in [0.3, 0.4) is 0 Å². The van der Waals surface area contributed by atoms with E-state index in [2.05, 4.69) is 15.5 Å². The van der Waals surface area contributed by atoms with Gasteiger partial charge < -0.3 is 10.1 Å². The van der Waals surface area contributed by atoms with Crippen molar-refractivity contribution in [3.8, 4) is 5.75 Å². The van der Waals surface area contributed by atoms with E-state index in [4.69, 9.17) is 4.74 Å². The summed E-state index contributed by atoms with van der Waals surface area (Å²) in [5.41, 5.74) is 1.55. The Bertz CT molecular complexity index is 912. The van der Waals surface area contributed by atoms with Gasteiger partial charge in [0.2, 0.25) is 5.91 Å². The van der Waals surface area contributed by atoms with Crippen molar-refractivity contribution in [2.45, 2.75) is 11.7 Å². The summed E-state index contributed by atoms with van der Waals surface area (Å²) in [6, 6.07) is 13.6. The smallest absolute Gasteiger partial charge is 0.270 e. The van der Waals surface area contributed by atoms with Gasteiger partial charge in [-0.15, -0.1) is 5.10 Å². The van der Waals surface area contributed by atoms with Gasteiger partial charge >= 0.3 is 0 Å². The van der Waals surface area contributed by atoms with Gasteiger partial charge in [0, 0.05) is 17.7 Å². The summed E-state index contributed by atoms with van der Waals surface area (Å²) in [4.78, 5) is 22.4. The van der Waals surface area contributed by atoms with Gasteiger partial charge in [0.25, 0.3) is 5.69 Å². The number of nitrogens with one attached hydrogen (secondary N) is 1. The number of carbonyl (C=O) groups is 1. The Labute approximate surface area is 159 Å². The number of non-ortho nitro benzene ring substituents is 1. The summed E-state index contributed by atoms with van der Waals surface area (Å²) in [7, 11) is 1.60. The minimum Gasteiger partial charge on any atom is -0.497 e. The normalized spacial score (nSPS) is 18.0. The second kappa shape index (κ2) is 8.45. The zero-order chi connectivity index (χ0) is 19.2. The van der Waals surface area contributed by atoms with Crippen LogP contribution in [0.1, 0.15) is 11.1 Å². The number of ether oxygens (including phenoxy) is 1. The standard InChI is InChI=1S/C18H16N4O4S/c1-26-15-7-5-12(6-8-15)10-16-17(23)20-18(27-16)21-19-11-13-3-2-4-14(9-13)22(24)25/h2-9,11,16H,10H2,1H3,(H,20,21,23)/b19-11-. The number of methoxy groups -OCH3 is 1. The van der Waals surface area contributed by atoms with Crippen LogP contribution in [0.5, 0.6) is 5.75 Å². The molecule has 0 bridgehead atoms. The van der Waals surface area contributed by atoms with E-state index in [0.29, 0.717) is 17.2 Å². The molecule has 138 valence electrons. The molecule has 0 spiro atoms. The molecule has 1 fully saturated rings. The molecule has 3 rings (SSSR count). The van der Waals surface area contributed by atoms with E-state index in [1.807, 2.05) is 24.3 Å². The van der Waals surface area contributed by atoms with Crippen molar-refractivity contribution in [1.29, 1.82) is 0 Å². The summed E-state index contributed by atoms with van der Waals surface area (Å²) in [5, 5.41) is 21.5. The SMILES string of the molecule is COc1ccc(CC2S/C(=N/N=C\c3cccc([N+](=O)[O-])c3)NC2=O)cc1. The molecule has 0 radical (unpaired) electrons. The summed E-state index contributed by atoms with van der Waals surface area (Å²) >= 11 is 1.30. The third kappa shape index (κ3) is 4.91. The van der Waals surface area contributed by atoms with Crippen molar-refractivity contribution >= 4 is 34.7 Å². The van der Waals surface area contributed by atoms with Crippen molar-refractivity contribution in [2.75, 3.05) is 7.11 Å². The topological polar surface area (TPSA) is 106 Å². The number of thioether (sulfide) groups is 1. The van der Waals surface area contributed by atoms with Crippen LogP contribution in [-0.4, -0.2) is 34.6 Å². The lowest BCUT2D eigenvalue weighted by molar-refractivity contribution is -0.384. The predicted molar refractivity (Wildman–Crippen MR) is 104 cm³/mol. The van der Waals surface area contributed by atoms with E-state index in [9.17, 15) is 14.9 Å². The molecule has 1 heterocycles. The number of carbonyl (C=O) groups excluding carboxylic acids is 1. The van der Waals surface area contributed by atoms with Crippen molar-refractivity contribution in [2.24, 2.45) is 10.2 Å². The van der Waals surface area contributed by atoms with Gasteiger partial charge in [-0.1, -0.05) is 36.0 Å². The highest BCUT2D eigenvalue weighted by atomic mass is 32.2. The van der Waals surface area contributed by atoms with Crippen molar-refractivity contribution in [3.63, 3.8) is 0 Å². The number of hydrogen-bond acceptors (Lipinski definition) is 7. The van der Waals surface area contributed by atoms with E-state index >= 15 is 0 Å². The van der Waals surface area contributed by atoms with Crippen LogP contribution in [0.25, 0.3) is 0 Å². The van der Waals surface area contributed by atoms with E-state index in [0.717, 1.165) is 11.3 Å². The van der Waals surface area contributed by atoms with E-state index in [1.54, 1.807) is 19.2 Å². The molecule has 2 aromatic carbocycles. The summed E-state index contributed by atoms with van der Waals surface area (Å²) in [6.07, 6.45) is 1.97. The molecule has 1 atom stereocenters. The zero-order valence-corrected chi connectivity index (χ0v) is 15.2. The van der Waals surface area contributed by atoms with Crippen LogP contribution in [0.2, 0.25) is 0 Å². The van der Waals surface area contributed by atoms with Crippen LogP contribution < -0.4 is 10.1 Å². The molecule has 1 amide bonds. The van der Waals surface area contributed by atoms with Gasteiger partial charge in [-0.3, -0.25) is 14.9 Å². The molecule has 0 aromatic heterocycles. The number of nitro groups is 1. The van der Waals surface area contributed by atoms with Crippen LogP contribution in [0.4, 0.5) is 5.69 Å². The highest BCUT2D eigenvalue weighted by Gasteiger charge is 2.30. The molecule has 9 heteroatoms. The maximum Gasteiger partial charge on any atom is 0.270 e. The number of rotatable bonds is 6. The Kier molecular flexibility index (Phi) is 5.82. The van der Waals surface area contributed by atoms with Gasteiger partial charge in [0.1, 0.15) is 5.75 Å². The van der Waals surface area contributed by atoms with Gasteiger partial charge in [-0.05, 0) is 24.1 Å². The lowest BCUT2D eigenvalue weighted by atomic mass is 10.1. The lowest BCUT2D eigenvalue weighted by Crippen LogP contribution is -2.25. The summed E-state index contributed by atoms with van der Waals surface area (Å²) < 4.78 is 5.12. The van der Waals surface area contributed by atoms with E-state index in [-0.39, 0.29) is 16.8 Å². The number of amides is 1. The third-order valence-electron chi connectivity index (χ3n) is 3.79. The van der Waals surface area contributed by atoms with Crippen molar-refractivity contribution in [3.05, 3.63) is 69.8 Å². The first kappa shape index (κ1) is 18.6. The summed E-state index contributed by atoms with van der Waals surface area (Å²) in [6.45, 7) is 0. The largest absolute Gasteiger partial charge is 0.497 e. The fourth-order valence-corrected chi connectivity index (χ4v) is 3.39. The Balaban J connectivity index is 1.62. The van der Waals surface area contributed by atoms with E-state index in [1.165, 1.54) is 30.1 Å². The Morgan fingerprint density at radius 1 is 1.30 bits per heavy atom. The molecule has 8 nitrogen and oxygen atoms in total. The third-order valence-corrected chi connectivity index (χ3v) is 4.87. The molecule has 1 aliphatic heterocycles. The average Bonchev–Trinajstić information content (AvgIpc) is 3.02. The second-order valence-corrected chi connectivity index (χ2v) is 6.84. The van der Waals surface area contributed by atoms with Gasteiger partial charge in [0.15, 0.2) is 5.17 Å². The monoisotopic (exact) mass is 384 g/mol. The molecule has 1 unspecified atom stereocenters. The number of hydrogen-bond donors (Lipinski definition) is 1. The lowest BCUT2D eigenvalue weighted by Gasteiger charge is -2.06. The van der Waals surface area contributed by atoms with Crippen LogP contribution in [0, 0.1) is 10.1 Å². The molecule has 0 aliphatic carbocycles. The number of amidine groups is 1. The molecular weight excluding hydrogens is 368 g/mol. The van der Waals surface area contributed by atoms with Crippen LogP contribution in [-0.2, 0) is 11.2 Å². The van der Waals surface area contributed by atoms with Crippen LogP contribution in [0.15, 0.2) is 58.7 Å². The highest BCUT2D eigenvalue weighted by Crippen LogP contribution is 2.24.